The van der Waals surface area contributed by atoms with E-state index in [9.17, 15) is 13.2 Å². The predicted octanol–water partition coefficient (Wildman–Crippen LogP) is 3.52. The van der Waals surface area contributed by atoms with Gasteiger partial charge in [-0.05, 0) is 67.1 Å². The number of ether oxygens (including phenoxy) is 1. The molecule has 0 fully saturated rings. The van der Waals surface area contributed by atoms with Gasteiger partial charge in [-0.25, -0.2) is 13.8 Å². The van der Waals surface area contributed by atoms with Crippen LogP contribution in [-0.4, -0.2) is 27.1 Å². The fourth-order valence-corrected chi connectivity index (χ4v) is 3.83. The van der Waals surface area contributed by atoms with Crippen LogP contribution in [0.2, 0.25) is 0 Å². The quantitative estimate of drug-likeness (QED) is 0.423. The lowest BCUT2D eigenvalue weighted by atomic mass is 10.1. The summed E-state index contributed by atoms with van der Waals surface area (Å²) in [6.07, 6.45) is 0. The fraction of sp³-hybridized carbons (Fsp3) is 0.0870. The number of nitrogens with one attached hydrogen (secondary N) is 2. The van der Waals surface area contributed by atoms with Gasteiger partial charge in [0.2, 0.25) is 0 Å². The third kappa shape index (κ3) is 5.50. The summed E-state index contributed by atoms with van der Waals surface area (Å²) in [5.41, 5.74) is 4.72. The number of nitriles is 1. The average molecular weight is 449 g/mol. The number of hydrogen-bond donors (Lipinski definition) is 2. The van der Waals surface area contributed by atoms with E-state index in [1.54, 1.807) is 55.5 Å². The molecule has 0 radical (unpaired) electrons. The van der Waals surface area contributed by atoms with Gasteiger partial charge in [-0.1, -0.05) is 18.2 Å². The van der Waals surface area contributed by atoms with Gasteiger partial charge >= 0.3 is 0 Å². The summed E-state index contributed by atoms with van der Waals surface area (Å²) in [4.78, 5) is 12.4. The van der Waals surface area contributed by atoms with Crippen LogP contribution in [0.25, 0.3) is 0 Å². The average Bonchev–Trinajstić information content (AvgIpc) is 2.82. The number of methoxy groups -OCH3 is 1. The molecule has 8 nitrogen and oxygen atoms in total. The molecule has 3 aromatic rings. The van der Waals surface area contributed by atoms with Crippen molar-refractivity contribution >= 4 is 27.3 Å². The highest BCUT2D eigenvalue weighted by Crippen LogP contribution is 2.20. The van der Waals surface area contributed by atoms with Gasteiger partial charge in [-0.15, -0.1) is 0 Å². The van der Waals surface area contributed by atoms with Crippen molar-refractivity contribution in [1.82, 2.24) is 5.43 Å². The van der Waals surface area contributed by atoms with Crippen LogP contribution in [0, 0.1) is 11.3 Å². The van der Waals surface area contributed by atoms with Gasteiger partial charge in [0.15, 0.2) is 0 Å². The molecule has 0 aliphatic heterocycles. The van der Waals surface area contributed by atoms with Crippen LogP contribution in [-0.2, 0) is 10.0 Å². The topological polar surface area (TPSA) is 121 Å². The van der Waals surface area contributed by atoms with Crippen molar-refractivity contribution in [3.05, 3.63) is 89.5 Å². The molecule has 0 aromatic heterocycles. The third-order valence-corrected chi connectivity index (χ3v) is 5.88. The van der Waals surface area contributed by atoms with E-state index < -0.39 is 15.9 Å². The fourth-order valence-electron chi connectivity index (χ4n) is 2.73. The second-order valence-corrected chi connectivity index (χ2v) is 8.37. The molecular weight excluding hydrogens is 428 g/mol. The molecule has 9 heteroatoms. The highest BCUT2D eigenvalue weighted by molar-refractivity contribution is 7.92. The van der Waals surface area contributed by atoms with Gasteiger partial charge in [-0.3, -0.25) is 9.52 Å². The first-order chi connectivity index (χ1) is 15.3. The number of benzene rings is 3. The molecule has 0 saturated carbocycles. The Morgan fingerprint density at radius 3 is 2.31 bits per heavy atom. The molecule has 0 heterocycles. The van der Waals surface area contributed by atoms with Crippen molar-refractivity contribution in [2.75, 3.05) is 11.8 Å². The molecule has 0 spiro atoms. The van der Waals surface area contributed by atoms with Crippen LogP contribution in [0.5, 0.6) is 5.75 Å². The van der Waals surface area contributed by atoms with Gasteiger partial charge in [-0.2, -0.15) is 10.4 Å². The second kappa shape index (κ2) is 9.76. The maximum absolute atomic E-state index is 12.7. The van der Waals surface area contributed by atoms with Crippen molar-refractivity contribution < 1.29 is 17.9 Å². The minimum Gasteiger partial charge on any atom is -0.497 e. The lowest BCUT2D eigenvalue weighted by Crippen LogP contribution is -2.20. The second-order valence-electron chi connectivity index (χ2n) is 6.69. The molecule has 3 rings (SSSR count). The zero-order chi connectivity index (χ0) is 23.1. The summed E-state index contributed by atoms with van der Waals surface area (Å²) in [5.74, 6) is 0.0444. The van der Waals surface area contributed by atoms with Gasteiger partial charge in [0, 0.05) is 11.3 Å². The Bertz CT molecular complexity index is 1290. The molecule has 2 N–H and O–H groups in total. The Balaban J connectivity index is 1.73. The van der Waals surface area contributed by atoms with E-state index in [0.29, 0.717) is 22.7 Å². The summed E-state index contributed by atoms with van der Waals surface area (Å²) in [7, 11) is -2.38. The maximum atomic E-state index is 12.7. The Kier molecular flexibility index (Phi) is 6.87. The number of anilines is 1. The summed E-state index contributed by atoms with van der Waals surface area (Å²) >= 11 is 0. The van der Waals surface area contributed by atoms with Crippen LogP contribution in [0.15, 0.2) is 82.8 Å². The standard InChI is InChI=1S/C23H20N4O4S/c1-16(18-8-6-17(15-24)7-9-18)25-26-23(28)19-4-3-5-22(14-19)32(29,30)27-20-10-12-21(31-2)13-11-20/h3-14,27H,1-2H3,(H,26,28)/b25-16-. The highest BCUT2D eigenvalue weighted by Gasteiger charge is 2.16. The summed E-state index contributed by atoms with van der Waals surface area (Å²) < 4.78 is 32.9. The van der Waals surface area contributed by atoms with Crippen LogP contribution >= 0.6 is 0 Å². The molecule has 32 heavy (non-hydrogen) atoms. The molecule has 1 amide bonds. The monoisotopic (exact) mass is 448 g/mol. The van der Waals surface area contributed by atoms with Crippen LogP contribution in [0.4, 0.5) is 5.69 Å². The third-order valence-electron chi connectivity index (χ3n) is 4.51. The molecule has 0 saturated heterocycles. The predicted molar refractivity (Wildman–Crippen MR) is 121 cm³/mol. The number of carbonyl (C=O) groups excluding carboxylic acids is 1. The zero-order valence-corrected chi connectivity index (χ0v) is 18.2. The smallest absolute Gasteiger partial charge is 0.271 e. The van der Waals surface area contributed by atoms with Crippen molar-refractivity contribution in [2.24, 2.45) is 5.10 Å². The summed E-state index contributed by atoms with van der Waals surface area (Å²) in [6.45, 7) is 1.71. The Morgan fingerprint density at radius 1 is 1.00 bits per heavy atom. The highest BCUT2D eigenvalue weighted by atomic mass is 32.2. The summed E-state index contributed by atoms with van der Waals surface area (Å²) in [5, 5.41) is 12.9. The van der Waals surface area contributed by atoms with Crippen molar-refractivity contribution in [3.63, 3.8) is 0 Å². The van der Waals surface area contributed by atoms with Crippen molar-refractivity contribution in [3.8, 4) is 11.8 Å². The minimum atomic E-state index is -3.90. The minimum absolute atomic E-state index is 0.0613. The van der Waals surface area contributed by atoms with E-state index in [1.807, 2.05) is 6.07 Å². The van der Waals surface area contributed by atoms with E-state index in [1.165, 1.54) is 31.4 Å². The zero-order valence-electron chi connectivity index (χ0n) is 17.4. The molecule has 0 unspecified atom stereocenters. The molecular formula is C23H20N4O4S. The van der Waals surface area contributed by atoms with Gasteiger partial charge in [0.05, 0.1) is 29.3 Å². The molecule has 0 atom stereocenters. The SMILES string of the molecule is COc1ccc(NS(=O)(=O)c2cccc(C(=O)N/N=C(/C)c3ccc(C#N)cc3)c2)cc1. The lowest BCUT2D eigenvalue weighted by molar-refractivity contribution is 0.0954. The van der Waals surface area contributed by atoms with Crippen LogP contribution in [0.1, 0.15) is 28.4 Å². The van der Waals surface area contributed by atoms with Crippen LogP contribution < -0.4 is 14.9 Å². The first kappa shape index (κ1) is 22.5. The van der Waals surface area contributed by atoms with E-state index in [2.05, 4.69) is 15.2 Å². The van der Waals surface area contributed by atoms with E-state index in [-0.39, 0.29) is 10.5 Å². The van der Waals surface area contributed by atoms with Crippen LogP contribution in [0.3, 0.4) is 0 Å². The number of sulfonamides is 1. The number of rotatable bonds is 7. The van der Waals surface area contributed by atoms with Gasteiger partial charge in [0.1, 0.15) is 5.75 Å². The largest absolute Gasteiger partial charge is 0.497 e. The molecule has 162 valence electrons. The van der Waals surface area contributed by atoms with E-state index in [4.69, 9.17) is 10.00 Å². The van der Waals surface area contributed by atoms with E-state index in [0.717, 1.165) is 5.56 Å². The molecule has 0 aliphatic rings. The number of hydrogen-bond acceptors (Lipinski definition) is 6. The van der Waals surface area contributed by atoms with Crippen molar-refractivity contribution in [1.29, 1.82) is 5.26 Å². The number of nitrogens with zero attached hydrogens (tertiary/aromatic N) is 2. The van der Waals surface area contributed by atoms with Gasteiger partial charge in [0.25, 0.3) is 15.9 Å². The Labute approximate surface area is 186 Å². The number of hydrazone groups is 1. The Hall–Kier alpha value is -4.16. The van der Waals surface area contributed by atoms with E-state index >= 15 is 0 Å². The lowest BCUT2D eigenvalue weighted by Gasteiger charge is -2.10. The molecule has 0 aliphatic carbocycles. The first-order valence-corrected chi connectivity index (χ1v) is 10.9. The maximum Gasteiger partial charge on any atom is 0.271 e. The number of carbonyl (C=O) groups is 1. The van der Waals surface area contributed by atoms with Crippen molar-refractivity contribution in [2.45, 2.75) is 11.8 Å². The summed E-state index contributed by atoms with van der Waals surface area (Å²) in [6, 6.07) is 20.9. The molecule has 0 bridgehead atoms. The van der Waals surface area contributed by atoms with Gasteiger partial charge < -0.3 is 4.74 Å². The molecule has 3 aromatic carbocycles. The first-order valence-electron chi connectivity index (χ1n) is 9.44. The normalized spacial score (nSPS) is 11.3. The number of amides is 1. The Morgan fingerprint density at radius 2 is 1.69 bits per heavy atom.